The van der Waals surface area contributed by atoms with Crippen molar-refractivity contribution in [3.05, 3.63) is 64.1 Å². The Balaban J connectivity index is 2.10. The van der Waals surface area contributed by atoms with Gasteiger partial charge in [-0.3, -0.25) is 4.79 Å². The number of aliphatic hydroxyl groups is 1. The molecule has 0 aliphatic heterocycles. The molecule has 0 fully saturated rings. The van der Waals surface area contributed by atoms with Gasteiger partial charge >= 0.3 is 0 Å². The lowest BCUT2D eigenvalue weighted by atomic mass is 10.1. The smallest absolute Gasteiger partial charge is 0.255 e. The largest absolute Gasteiger partial charge is 0.389 e. The molecule has 0 unspecified atom stereocenters. The molecule has 0 radical (unpaired) electrons. The quantitative estimate of drug-likeness (QED) is 0.905. The Kier molecular flexibility index (Phi) is 4.35. The molecule has 0 heterocycles. The summed E-state index contributed by atoms with van der Waals surface area (Å²) in [7, 11) is 0. The first kappa shape index (κ1) is 13.8. The molecule has 2 N–H and O–H groups in total. The maximum absolute atomic E-state index is 12.0. The molecule has 0 saturated heterocycles. The van der Waals surface area contributed by atoms with E-state index in [2.05, 4.69) is 21.2 Å². The van der Waals surface area contributed by atoms with E-state index in [1.54, 1.807) is 43.3 Å². The average molecular weight is 320 g/mol. The fraction of sp³-hybridized carbons (Fsp3) is 0.133. The lowest BCUT2D eigenvalue weighted by Crippen LogP contribution is -2.11. The van der Waals surface area contributed by atoms with Gasteiger partial charge in [0.15, 0.2) is 0 Å². The Labute approximate surface area is 120 Å². The van der Waals surface area contributed by atoms with E-state index < -0.39 is 6.10 Å². The highest BCUT2D eigenvalue weighted by atomic mass is 79.9. The molecule has 2 rings (SSSR count). The highest BCUT2D eigenvalue weighted by molar-refractivity contribution is 9.10. The summed E-state index contributed by atoms with van der Waals surface area (Å²) in [5.74, 6) is -0.161. The van der Waals surface area contributed by atoms with Crippen LogP contribution in [-0.4, -0.2) is 11.0 Å². The van der Waals surface area contributed by atoms with Crippen LogP contribution in [0, 0.1) is 0 Å². The summed E-state index contributed by atoms with van der Waals surface area (Å²) >= 11 is 3.33. The number of aliphatic hydroxyl groups excluding tert-OH is 1. The molecule has 0 aromatic heterocycles. The van der Waals surface area contributed by atoms with Crippen LogP contribution in [0.2, 0.25) is 0 Å². The lowest BCUT2D eigenvalue weighted by molar-refractivity contribution is 0.102. The van der Waals surface area contributed by atoms with Gasteiger partial charge in [0.2, 0.25) is 0 Å². The second kappa shape index (κ2) is 5.99. The van der Waals surface area contributed by atoms with Crippen molar-refractivity contribution in [3.63, 3.8) is 0 Å². The topological polar surface area (TPSA) is 49.3 Å². The standard InChI is InChI=1S/C15H14BrNO2/c1-10(18)11-5-7-14(8-6-11)17-15(19)12-3-2-4-13(16)9-12/h2-10,18H,1H3,(H,17,19)/t10-/m1/s1. The first-order valence-electron chi connectivity index (χ1n) is 5.91. The molecule has 1 amide bonds. The minimum absolute atomic E-state index is 0.161. The van der Waals surface area contributed by atoms with Crippen molar-refractivity contribution in [2.75, 3.05) is 5.32 Å². The number of rotatable bonds is 3. The summed E-state index contributed by atoms with van der Waals surface area (Å²) in [4.78, 5) is 12.0. The predicted molar refractivity (Wildman–Crippen MR) is 79.2 cm³/mol. The molecule has 3 nitrogen and oxygen atoms in total. The van der Waals surface area contributed by atoms with Crippen LogP contribution >= 0.6 is 15.9 Å². The average Bonchev–Trinajstić information content (AvgIpc) is 2.39. The van der Waals surface area contributed by atoms with Crippen LogP contribution in [0.4, 0.5) is 5.69 Å². The van der Waals surface area contributed by atoms with Crippen molar-refractivity contribution >= 4 is 27.5 Å². The third kappa shape index (κ3) is 3.66. The molecule has 2 aromatic carbocycles. The van der Waals surface area contributed by atoms with Crippen molar-refractivity contribution < 1.29 is 9.90 Å². The zero-order chi connectivity index (χ0) is 13.8. The summed E-state index contributed by atoms with van der Waals surface area (Å²) in [6.07, 6.45) is -0.505. The van der Waals surface area contributed by atoms with Gasteiger partial charge in [0.05, 0.1) is 6.10 Å². The second-order valence-electron chi connectivity index (χ2n) is 4.26. The van der Waals surface area contributed by atoms with Gasteiger partial charge < -0.3 is 10.4 Å². The van der Waals surface area contributed by atoms with E-state index in [0.717, 1.165) is 10.0 Å². The summed E-state index contributed by atoms with van der Waals surface area (Å²) in [6.45, 7) is 1.70. The molecule has 98 valence electrons. The Morgan fingerprint density at radius 2 is 1.89 bits per heavy atom. The van der Waals surface area contributed by atoms with E-state index in [0.29, 0.717) is 11.3 Å². The molecule has 0 aliphatic carbocycles. The Morgan fingerprint density at radius 3 is 2.47 bits per heavy atom. The number of amides is 1. The summed E-state index contributed by atoms with van der Waals surface area (Å²) < 4.78 is 0.865. The molecule has 4 heteroatoms. The lowest BCUT2D eigenvalue weighted by Gasteiger charge is -2.08. The van der Waals surface area contributed by atoms with Crippen molar-refractivity contribution in [2.45, 2.75) is 13.0 Å². The van der Waals surface area contributed by atoms with E-state index >= 15 is 0 Å². The van der Waals surface area contributed by atoms with Gasteiger partial charge in [-0.15, -0.1) is 0 Å². The number of hydrogen-bond donors (Lipinski definition) is 2. The summed E-state index contributed by atoms with van der Waals surface area (Å²) in [5, 5.41) is 12.2. The third-order valence-electron chi connectivity index (χ3n) is 2.74. The maximum atomic E-state index is 12.0. The van der Waals surface area contributed by atoms with E-state index in [9.17, 15) is 9.90 Å². The van der Waals surface area contributed by atoms with Gasteiger partial charge in [-0.1, -0.05) is 34.1 Å². The molecular weight excluding hydrogens is 306 g/mol. The van der Waals surface area contributed by atoms with Gasteiger partial charge in [0.25, 0.3) is 5.91 Å². The number of halogens is 1. The predicted octanol–water partition coefficient (Wildman–Crippen LogP) is 3.75. The van der Waals surface area contributed by atoms with Gasteiger partial charge in [-0.2, -0.15) is 0 Å². The van der Waals surface area contributed by atoms with Crippen molar-refractivity contribution in [2.24, 2.45) is 0 Å². The normalized spacial score (nSPS) is 11.9. The van der Waals surface area contributed by atoms with Crippen molar-refractivity contribution in [1.82, 2.24) is 0 Å². The van der Waals surface area contributed by atoms with Crippen LogP contribution in [0.1, 0.15) is 28.9 Å². The van der Waals surface area contributed by atoms with Crippen LogP contribution in [0.3, 0.4) is 0 Å². The number of benzene rings is 2. The molecule has 0 aliphatic rings. The Hall–Kier alpha value is -1.65. The van der Waals surface area contributed by atoms with Crippen LogP contribution in [0.15, 0.2) is 53.0 Å². The number of carbonyl (C=O) groups is 1. The third-order valence-corrected chi connectivity index (χ3v) is 3.23. The minimum Gasteiger partial charge on any atom is -0.389 e. The highest BCUT2D eigenvalue weighted by Gasteiger charge is 2.07. The number of nitrogens with one attached hydrogen (secondary N) is 1. The fourth-order valence-electron chi connectivity index (χ4n) is 1.68. The number of hydrogen-bond acceptors (Lipinski definition) is 2. The molecule has 0 saturated carbocycles. The molecule has 19 heavy (non-hydrogen) atoms. The SMILES string of the molecule is C[C@@H](O)c1ccc(NC(=O)c2cccc(Br)c2)cc1. The van der Waals surface area contributed by atoms with Gasteiger partial charge in [0, 0.05) is 15.7 Å². The molecular formula is C15H14BrNO2. The zero-order valence-corrected chi connectivity index (χ0v) is 12.0. The molecule has 0 spiro atoms. The summed E-state index contributed by atoms with van der Waals surface area (Å²) in [5.41, 5.74) is 2.11. The zero-order valence-electron chi connectivity index (χ0n) is 10.4. The van der Waals surface area contributed by atoms with E-state index in [1.807, 2.05) is 12.1 Å². The van der Waals surface area contributed by atoms with E-state index in [-0.39, 0.29) is 5.91 Å². The van der Waals surface area contributed by atoms with Gasteiger partial charge in [0.1, 0.15) is 0 Å². The minimum atomic E-state index is -0.505. The molecule has 0 bridgehead atoms. The molecule has 2 aromatic rings. The first-order chi connectivity index (χ1) is 9.06. The Bertz CT molecular complexity index is 579. The van der Waals surface area contributed by atoms with Crippen LogP contribution in [0.25, 0.3) is 0 Å². The van der Waals surface area contributed by atoms with Gasteiger partial charge in [-0.05, 0) is 42.8 Å². The second-order valence-corrected chi connectivity index (χ2v) is 5.18. The van der Waals surface area contributed by atoms with Crippen molar-refractivity contribution in [1.29, 1.82) is 0 Å². The van der Waals surface area contributed by atoms with Crippen molar-refractivity contribution in [3.8, 4) is 0 Å². The molecule has 1 atom stereocenters. The van der Waals surface area contributed by atoms with Gasteiger partial charge in [-0.25, -0.2) is 0 Å². The maximum Gasteiger partial charge on any atom is 0.255 e. The highest BCUT2D eigenvalue weighted by Crippen LogP contribution is 2.17. The first-order valence-corrected chi connectivity index (χ1v) is 6.70. The fourth-order valence-corrected chi connectivity index (χ4v) is 2.08. The Morgan fingerprint density at radius 1 is 1.21 bits per heavy atom. The number of anilines is 1. The van der Waals surface area contributed by atoms with Crippen LogP contribution in [-0.2, 0) is 0 Å². The monoisotopic (exact) mass is 319 g/mol. The number of carbonyl (C=O) groups excluding carboxylic acids is 1. The van der Waals surface area contributed by atoms with E-state index in [4.69, 9.17) is 0 Å². The van der Waals surface area contributed by atoms with Crippen LogP contribution in [0.5, 0.6) is 0 Å². The van der Waals surface area contributed by atoms with Crippen LogP contribution < -0.4 is 5.32 Å². The summed E-state index contributed by atoms with van der Waals surface area (Å²) in [6, 6.07) is 14.3. The van der Waals surface area contributed by atoms with E-state index in [1.165, 1.54) is 0 Å².